The topological polar surface area (TPSA) is 59.2 Å². The molecule has 1 unspecified atom stereocenters. The van der Waals surface area contributed by atoms with Crippen molar-refractivity contribution in [2.45, 2.75) is 59.9 Å². The number of fused-ring (bicyclic) bond motifs is 1. The van der Waals surface area contributed by atoms with Gasteiger partial charge in [-0.3, -0.25) is 4.79 Å². The van der Waals surface area contributed by atoms with Crippen LogP contribution in [0.2, 0.25) is 0 Å². The number of aromatic nitrogens is 2. The molecule has 0 aliphatic carbocycles. The van der Waals surface area contributed by atoms with E-state index in [0.717, 1.165) is 42.6 Å². The van der Waals surface area contributed by atoms with Crippen molar-refractivity contribution >= 4 is 17.0 Å². The molecular formula is C18H25N3O2. The minimum atomic E-state index is 0.0820. The highest BCUT2D eigenvalue weighted by Gasteiger charge is 2.33. The molecule has 0 saturated carbocycles. The Morgan fingerprint density at radius 1 is 1.39 bits per heavy atom. The van der Waals surface area contributed by atoms with Crippen LogP contribution in [0.1, 0.15) is 61.8 Å². The first-order chi connectivity index (χ1) is 10.8. The standard InChI is InChI=1S/C18H25N3O2/c1-11-9-14(15-12(2)20-23-16(15)19-11)17(22)21-8-6-7-13(21)10-18(3,4)5/h9,13H,6-8,10H2,1-5H3. The van der Waals surface area contributed by atoms with Crippen molar-refractivity contribution in [2.75, 3.05) is 6.54 Å². The van der Waals surface area contributed by atoms with E-state index in [0.29, 0.717) is 17.3 Å². The van der Waals surface area contributed by atoms with Gasteiger partial charge >= 0.3 is 0 Å². The number of likely N-dealkylation sites (tertiary alicyclic amines) is 1. The lowest BCUT2D eigenvalue weighted by Gasteiger charge is -2.30. The normalized spacial score (nSPS) is 18.8. The molecule has 5 heteroatoms. The van der Waals surface area contributed by atoms with Crippen molar-refractivity contribution in [3.8, 4) is 0 Å². The highest BCUT2D eigenvalue weighted by atomic mass is 16.5. The van der Waals surface area contributed by atoms with E-state index < -0.39 is 0 Å². The van der Waals surface area contributed by atoms with Gasteiger partial charge in [0.1, 0.15) is 0 Å². The first-order valence-corrected chi connectivity index (χ1v) is 8.31. The summed E-state index contributed by atoms with van der Waals surface area (Å²) in [4.78, 5) is 19.6. The maximum Gasteiger partial charge on any atom is 0.258 e. The maximum absolute atomic E-state index is 13.2. The smallest absolute Gasteiger partial charge is 0.258 e. The summed E-state index contributed by atoms with van der Waals surface area (Å²) >= 11 is 0. The predicted octanol–water partition coefficient (Wildman–Crippen LogP) is 3.88. The fourth-order valence-corrected chi connectivity index (χ4v) is 3.56. The monoisotopic (exact) mass is 315 g/mol. The van der Waals surface area contributed by atoms with E-state index in [1.165, 1.54) is 0 Å². The first-order valence-electron chi connectivity index (χ1n) is 8.31. The summed E-state index contributed by atoms with van der Waals surface area (Å²) in [6.45, 7) is 11.3. The number of hydrogen-bond donors (Lipinski definition) is 0. The lowest BCUT2D eigenvalue weighted by molar-refractivity contribution is 0.0706. The third kappa shape index (κ3) is 3.09. The summed E-state index contributed by atoms with van der Waals surface area (Å²) in [6, 6.07) is 2.17. The minimum Gasteiger partial charge on any atom is -0.336 e. The Labute approximate surface area is 137 Å². The molecule has 5 nitrogen and oxygen atoms in total. The van der Waals surface area contributed by atoms with Crippen LogP contribution in [0.3, 0.4) is 0 Å². The molecule has 1 aliphatic rings. The number of hydrogen-bond acceptors (Lipinski definition) is 4. The van der Waals surface area contributed by atoms with Crippen molar-refractivity contribution in [3.05, 3.63) is 23.0 Å². The molecule has 2 aromatic rings. The molecule has 3 heterocycles. The largest absolute Gasteiger partial charge is 0.336 e. The van der Waals surface area contributed by atoms with E-state index in [-0.39, 0.29) is 11.3 Å². The molecule has 2 aromatic heterocycles. The SMILES string of the molecule is Cc1cc(C(=O)N2CCCC2CC(C)(C)C)c2c(C)noc2n1. The van der Waals surface area contributed by atoms with Gasteiger partial charge in [-0.25, -0.2) is 4.98 Å². The predicted molar refractivity (Wildman–Crippen MR) is 89.4 cm³/mol. The third-order valence-corrected chi connectivity index (χ3v) is 4.46. The number of aryl methyl sites for hydroxylation is 2. The van der Waals surface area contributed by atoms with Gasteiger partial charge in [0.25, 0.3) is 11.6 Å². The van der Waals surface area contributed by atoms with Crippen molar-refractivity contribution in [1.82, 2.24) is 15.0 Å². The van der Waals surface area contributed by atoms with E-state index in [2.05, 4.69) is 30.9 Å². The fraction of sp³-hybridized carbons (Fsp3) is 0.611. The van der Waals surface area contributed by atoms with Crippen LogP contribution in [0.5, 0.6) is 0 Å². The van der Waals surface area contributed by atoms with Gasteiger partial charge in [-0.2, -0.15) is 0 Å². The van der Waals surface area contributed by atoms with Crippen molar-refractivity contribution in [1.29, 1.82) is 0 Å². The Morgan fingerprint density at radius 2 is 2.13 bits per heavy atom. The van der Waals surface area contributed by atoms with Crippen molar-refractivity contribution in [2.24, 2.45) is 5.41 Å². The minimum absolute atomic E-state index is 0.0820. The zero-order chi connectivity index (χ0) is 16.8. The Bertz CT molecular complexity index is 743. The number of pyridine rings is 1. The van der Waals surface area contributed by atoms with Crippen LogP contribution in [0.15, 0.2) is 10.6 Å². The Kier molecular flexibility index (Phi) is 3.90. The molecule has 1 saturated heterocycles. The summed E-state index contributed by atoms with van der Waals surface area (Å²) in [5.41, 5.74) is 2.85. The summed E-state index contributed by atoms with van der Waals surface area (Å²) in [5, 5.41) is 4.73. The Hall–Kier alpha value is -1.91. The second kappa shape index (κ2) is 5.62. The van der Waals surface area contributed by atoms with Crippen LogP contribution < -0.4 is 0 Å². The van der Waals surface area contributed by atoms with Crippen LogP contribution in [0, 0.1) is 19.3 Å². The van der Waals surface area contributed by atoms with Crippen LogP contribution in [0.25, 0.3) is 11.1 Å². The number of carbonyl (C=O) groups excluding carboxylic acids is 1. The van der Waals surface area contributed by atoms with E-state index in [1.54, 1.807) is 0 Å². The fourth-order valence-electron chi connectivity index (χ4n) is 3.56. The van der Waals surface area contributed by atoms with Gasteiger partial charge in [0.2, 0.25) is 0 Å². The van der Waals surface area contributed by atoms with E-state index in [1.807, 2.05) is 24.8 Å². The van der Waals surface area contributed by atoms with Crippen LogP contribution in [-0.2, 0) is 0 Å². The lowest BCUT2D eigenvalue weighted by Crippen LogP contribution is -2.37. The van der Waals surface area contributed by atoms with Gasteiger partial charge in [-0.05, 0) is 44.6 Å². The van der Waals surface area contributed by atoms with Crippen LogP contribution in [-0.4, -0.2) is 33.5 Å². The molecular weight excluding hydrogens is 290 g/mol. The average molecular weight is 315 g/mol. The summed E-state index contributed by atoms with van der Waals surface area (Å²) in [5.74, 6) is 0.0820. The average Bonchev–Trinajstić information content (AvgIpc) is 3.03. The third-order valence-electron chi connectivity index (χ3n) is 4.46. The van der Waals surface area contributed by atoms with Gasteiger partial charge in [-0.1, -0.05) is 25.9 Å². The van der Waals surface area contributed by atoms with Gasteiger partial charge in [0.05, 0.1) is 16.6 Å². The molecule has 0 aromatic carbocycles. The molecule has 1 atom stereocenters. The molecule has 0 N–H and O–H groups in total. The lowest BCUT2D eigenvalue weighted by atomic mass is 9.87. The number of rotatable bonds is 2. The summed E-state index contributed by atoms with van der Waals surface area (Å²) in [6.07, 6.45) is 3.18. The van der Waals surface area contributed by atoms with Crippen LogP contribution in [0.4, 0.5) is 0 Å². The molecule has 0 spiro atoms. The molecule has 1 amide bonds. The maximum atomic E-state index is 13.2. The van der Waals surface area contributed by atoms with Gasteiger partial charge in [0, 0.05) is 18.3 Å². The quantitative estimate of drug-likeness (QED) is 0.844. The molecule has 124 valence electrons. The second-order valence-corrected chi connectivity index (χ2v) is 7.82. The Balaban J connectivity index is 1.98. The van der Waals surface area contributed by atoms with E-state index in [4.69, 9.17) is 4.52 Å². The number of carbonyl (C=O) groups is 1. The summed E-state index contributed by atoms with van der Waals surface area (Å²) in [7, 11) is 0. The van der Waals surface area contributed by atoms with Crippen LogP contribution >= 0.6 is 0 Å². The second-order valence-electron chi connectivity index (χ2n) is 7.82. The number of nitrogens with zero attached hydrogens (tertiary/aromatic N) is 3. The zero-order valence-corrected chi connectivity index (χ0v) is 14.6. The van der Waals surface area contributed by atoms with Gasteiger partial charge in [0.15, 0.2) is 0 Å². The van der Waals surface area contributed by atoms with Crippen molar-refractivity contribution < 1.29 is 9.32 Å². The first kappa shape index (κ1) is 16.0. The molecule has 1 fully saturated rings. The van der Waals surface area contributed by atoms with E-state index >= 15 is 0 Å². The Morgan fingerprint density at radius 3 is 2.83 bits per heavy atom. The number of amides is 1. The molecule has 0 bridgehead atoms. The van der Waals surface area contributed by atoms with Crippen molar-refractivity contribution in [3.63, 3.8) is 0 Å². The molecule has 3 rings (SSSR count). The molecule has 23 heavy (non-hydrogen) atoms. The highest BCUT2D eigenvalue weighted by molar-refractivity contribution is 6.06. The molecule has 1 aliphatic heterocycles. The van der Waals surface area contributed by atoms with Gasteiger partial charge in [-0.15, -0.1) is 0 Å². The zero-order valence-electron chi connectivity index (χ0n) is 14.6. The molecule has 0 radical (unpaired) electrons. The summed E-state index contributed by atoms with van der Waals surface area (Å²) < 4.78 is 5.26. The van der Waals surface area contributed by atoms with Gasteiger partial charge < -0.3 is 9.42 Å². The highest BCUT2D eigenvalue weighted by Crippen LogP contribution is 2.32. The van der Waals surface area contributed by atoms with E-state index in [9.17, 15) is 4.79 Å².